The van der Waals surface area contributed by atoms with Crippen LogP contribution in [0.15, 0.2) is 53.0 Å². The Hall–Kier alpha value is -1.99. The van der Waals surface area contributed by atoms with Crippen molar-refractivity contribution < 1.29 is 14.7 Å². The predicted octanol–water partition coefficient (Wildman–Crippen LogP) is 3.64. The zero-order valence-corrected chi connectivity index (χ0v) is 16.1. The van der Waals surface area contributed by atoms with E-state index in [0.717, 1.165) is 5.75 Å². The Morgan fingerprint density at radius 2 is 1.96 bits per heavy atom. The number of phenolic OH excluding ortho intramolecular Hbond substituents is 1. The molecule has 7 heteroatoms. The van der Waals surface area contributed by atoms with Gasteiger partial charge >= 0.3 is 0 Å². The summed E-state index contributed by atoms with van der Waals surface area (Å²) in [4.78, 5) is 25.0. The van der Waals surface area contributed by atoms with Gasteiger partial charge < -0.3 is 15.7 Å². The minimum absolute atomic E-state index is 0.0655. The molecular formula is C18H19BrN2O3S. The summed E-state index contributed by atoms with van der Waals surface area (Å²) in [6.45, 7) is 0. The van der Waals surface area contributed by atoms with Crippen LogP contribution in [0.3, 0.4) is 0 Å². The predicted molar refractivity (Wildman–Crippen MR) is 105 cm³/mol. The zero-order valence-electron chi connectivity index (χ0n) is 13.7. The average Bonchev–Trinajstić information content (AvgIpc) is 2.58. The molecule has 0 saturated heterocycles. The van der Waals surface area contributed by atoms with Crippen LogP contribution in [-0.2, 0) is 4.79 Å². The molecule has 5 nitrogen and oxygen atoms in total. The van der Waals surface area contributed by atoms with Gasteiger partial charge in [0.25, 0.3) is 5.91 Å². The van der Waals surface area contributed by atoms with Crippen LogP contribution in [0.5, 0.6) is 5.75 Å². The molecule has 0 aliphatic heterocycles. The molecule has 2 rings (SSSR count). The Labute approximate surface area is 159 Å². The van der Waals surface area contributed by atoms with Gasteiger partial charge in [-0.2, -0.15) is 11.8 Å². The van der Waals surface area contributed by atoms with E-state index in [0.29, 0.717) is 22.1 Å². The lowest BCUT2D eigenvalue weighted by Crippen LogP contribution is -2.44. The molecule has 2 aromatic rings. The van der Waals surface area contributed by atoms with Crippen LogP contribution in [0.1, 0.15) is 16.8 Å². The molecule has 0 saturated carbocycles. The maximum Gasteiger partial charge on any atom is 0.253 e. The van der Waals surface area contributed by atoms with Crippen LogP contribution < -0.4 is 10.6 Å². The van der Waals surface area contributed by atoms with E-state index < -0.39 is 6.04 Å². The minimum atomic E-state index is -0.672. The van der Waals surface area contributed by atoms with Gasteiger partial charge in [-0.1, -0.05) is 18.2 Å². The largest absolute Gasteiger partial charge is 0.508 e. The van der Waals surface area contributed by atoms with E-state index >= 15 is 0 Å². The number of phenols is 1. The molecular weight excluding hydrogens is 404 g/mol. The second kappa shape index (κ2) is 9.48. The first-order valence-electron chi connectivity index (χ1n) is 7.65. The number of hydrogen-bond acceptors (Lipinski definition) is 4. The Balaban J connectivity index is 2.10. The molecule has 1 unspecified atom stereocenters. The number of anilines is 1. The number of carbonyl (C=O) groups is 2. The fourth-order valence-corrected chi connectivity index (χ4v) is 3.14. The summed E-state index contributed by atoms with van der Waals surface area (Å²) in [5.74, 6) is 0.161. The van der Waals surface area contributed by atoms with Crippen LogP contribution in [0.4, 0.5) is 5.69 Å². The van der Waals surface area contributed by atoms with Crippen molar-refractivity contribution in [3.63, 3.8) is 0 Å². The summed E-state index contributed by atoms with van der Waals surface area (Å²) in [6.07, 6.45) is 2.45. The summed E-state index contributed by atoms with van der Waals surface area (Å²) >= 11 is 4.95. The molecule has 0 radical (unpaired) electrons. The van der Waals surface area contributed by atoms with Crippen molar-refractivity contribution in [3.05, 3.63) is 58.6 Å². The van der Waals surface area contributed by atoms with Gasteiger partial charge in [0.15, 0.2) is 0 Å². The van der Waals surface area contributed by atoms with Crippen molar-refractivity contribution in [1.29, 1.82) is 0 Å². The fraction of sp³-hybridized carbons (Fsp3) is 0.222. The molecule has 132 valence electrons. The van der Waals surface area contributed by atoms with E-state index in [4.69, 9.17) is 0 Å². The molecule has 0 aromatic heterocycles. The average molecular weight is 423 g/mol. The highest BCUT2D eigenvalue weighted by molar-refractivity contribution is 9.10. The van der Waals surface area contributed by atoms with Crippen molar-refractivity contribution in [2.45, 2.75) is 12.5 Å². The number of amides is 2. The molecule has 0 aliphatic carbocycles. The summed E-state index contributed by atoms with van der Waals surface area (Å²) < 4.78 is 0.671. The van der Waals surface area contributed by atoms with Crippen LogP contribution in [0.2, 0.25) is 0 Å². The third kappa shape index (κ3) is 5.79. The highest BCUT2D eigenvalue weighted by Gasteiger charge is 2.22. The molecule has 2 aromatic carbocycles. The first kappa shape index (κ1) is 19.3. The number of carbonyl (C=O) groups excluding carboxylic acids is 2. The van der Waals surface area contributed by atoms with Gasteiger partial charge in [0.05, 0.1) is 5.56 Å². The molecule has 0 fully saturated rings. The molecule has 0 bridgehead atoms. The van der Waals surface area contributed by atoms with Crippen molar-refractivity contribution in [1.82, 2.24) is 5.32 Å². The SMILES string of the molecule is CSCCC(NC(=O)c1ccccc1Br)C(=O)Nc1cccc(O)c1. The van der Waals surface area contributed by atoms with Crippen molar-refractivity contribution >= 4 is 45.2 Å². The van der Waals surface area contributed by atoms with Crippen LogP contribution >= 0.6 is 27.7 Å². The molecule has 25 heavy (non-hydrogen) atoms. The van der Waals surface area contributed by atoms with Gasteiger partial charge in [-0.15, -0.1) is 0 Å². The van der Waals surface area contributed by atoms with Crippen LogP contribution in [0, 0.1) is 0 Å². The summed E-state index contributed by atoms with van der Waals surface area (Å²) in [5, 5.41) is 15.0. The van der Waals surface area contributed by atoms with E-state index in [1.165, 1.54) is 12.1 Å². The normalized spacial score (nSPS) is 11.6. The summed E-state index contributed by atoms with van der Waals surface area (Å²) in [6, 6.07) is 12.7. The fourth-order valence-electron chi connectivity index (χ4n) is 2.20. The maximum atomic E-state index is 12.6. The van der Waals surface area contributed by atoms with Crippen LogP contribution in [0.25, 0.3) is 0 Å². The first-order chi connectivity index (χ1) is 12.0. The second-order valence-electron chi connectivity index (χ2n) is 5.33. The monoisotopic (exact) mass is 422 g/mol. The lowest BCUT2D eigenvalue weighted by molar-refractivity contribution is -0.118. The third-order valence-electron chi connectivity index (χ3n) is 3.46. The number of halogens is 1. The van der Waals surface area contributed by atoms with Crippen molar-refractivity contribution in [3.8, 4) is 5.75 Å². The van der Waals surface area contributed by atoms with Crippen molar-refractivity contribution in [2.75, 3.05) is 17.3 Å². The highest BCUT2D eigenvalue weighted by atomic mass is 79.9. The van der Waals surface area contributed by atoms with Gasteiger partial charge in [0, 0.05) is 16.2 Å². The van der Waals surface area contributed by atoms with E-state index in [9.17, 15) is 14.7 Å². The lowest BCUT2D eigenvalue weighted by atomic mass is 10.1. The topological polar surface area (TPSA) is 78.4 Å². The van der Waals surface area contributed by atoms with Gasteiger partial charge in [-0.05, 0) is 58.6 Å². The number of hydrogen-bond donors (Lipinski definition) is 3. The Bertz CT molecular complexity index is 755. The molecule has 0 heterocycles. The number of nitrogens with one attached hydrogen (secondary N) is 2. The van der Waals surface area contributed by atoms with Gasteiger partial charge in [-0.3, -0.25) is 9.59 Å². The van der Waals surface area contributed by atoms with E-state index in [1.54, 1.807) is 42.1 Å². The third-order valence-corrected chi connectivity index (χ3v) is 4.80. The summed E-state index contributed by atoms with van der Waals surface area (Å²) in [5.41, 5.74) is 0.955. The van der Waals surface area contributed by atoms with Gasteiger partial charge in [-0.25, -0.2) is 0 Å². The number of aromatic hydroxyl groups is 1. The standard InChI is InChI=1S/C18H19BrN2O3S/c1-25-10-9-16(18(24)20-12-5-4-6-13(22)11-12)21-17(23)14-7-2-3-8-15(14)19/h2-8,11,16,22H,9-10H2,1H3,(H,20,24)(H,21,23). The quantitative estimate of drug-likeness (QED) is 0.636. The molecule has 2 amide bonds. The molecule has 1 atom stereocenters. The Kier molecular flexibility index (Phi) is 7.33. The number of thioether (sulfide) groups is 1. The van der Waals surface area contributed by atoms with E-state index in [1.807, 2.05) is 12.3 Å². The lowest BCUT2D eigenvalue weighted by Gasteiger charge is -2.18. The Morgan fingerprint density at radius 3 is 2.64 bits per heavy atom. The molecule has 0 aliphatic rings. The van der Waals surface area contributed by atoms with Crippen molar-refractivity contribution in [2.24, 2.45) is 0 Å². The number of rotatable bonds is 7. The second-order valence-corrected chi connectivity index (χ2v) is 7.17. The smallest absolute Gasteiger partial charge is 0.253 e. The van der Waals surface area contributed by atoms with E-state index in [2.05, 4.69) is 26.6 Å². The maximum absolute atomic E-state index is 12.6. The van der Waals surface area contributed by atoms with E-state index in [-0.39, 0.29) is 17.6 Å². The summed E-state index contributed by atoms with van der Waals surface area (Å²) in [7, 11) is 0. The number of benzene rings is 2. The first-order valence-corrected chi connectivity index (χ1v) is 9.84. The highest BCUT2D eigenvalue weighted by Crippen LogP contribution is 2.18. The van der Waals surface area contributed by atoms with Crippen LogP contribution in [-0.4, -0.2) is 35.0 Å². The van der Waals surface area contributed by atoms with Gasteiger partial charge in [0.1, 0.15) is 11.8 Å². The zero-order chi connectivity index (χ0) is 18.2. The molecule has 0 spiro atoms. The molecule has 3 N–H and O–H groups in total. The van der Waals surface area contributed by atoms with Gasteiger partial charge in [0.2, 0.25) is 5.91 Å². The minimum Gasteiger partial charge on any atom is -0.508 e. The Morgan fingerprint density at radius 1 is 1.20 bits per heavy atom.